The minimum Gasteiger partial charge on any atom is -0.493 e. The summed E-state index contributed by atoms with van der Waals surface area (Å²) in [7, 11) is 4.68. The van der Waals surface area contributed by atoms with Crippen LogP contribution in [0.4, 0.5) is 0 Å². The Morgan fingerprint density at radius 1 is 0.971 bits per heavy atom. The summed E-state index contributed by atoms with van der Waals surface area (Å²) in [6.07, 6.45) is 3.33. The van der Waals surface area contributed by atoms with Gasteiger partial charge in [0.1, 0.15) is 0 Å². The molecule has 4 rings (SSSR count). The molecule has 1 fully saturated rings. The number of hydrogen-bond donors (Lipinski definition) is 0. The molecule has 0 spiro atoms. The minimum absolute atomic E-state index is 0.0393. The van der Waals surface area contributed by atoms with Crippen molar-refractivity contribution < 1.29 is 19.0 Å². The van der Waals surface area contributed by atoms with E-state index in [1.807, 2.05) is 35.2 Å². The Bertz CT molecular complexity index is 1110. The molecule has 2 heterocycles. The summed E-state index contributed by atoms with van der Waals surface area (Å²) in [4.78, 5) is 16.8. The van der Waals surface area contributed by atoms with Crippen molar-refractivity contribution in [2.75, 3.05) is 47.5 Å². The van der Waals surface area contributed by atoms with E-state index in [0.717, 1.165) is 30.2 Å². The average molecular weight is 465 g/mol. The van der Waals surface area contributed by atoms with Crippen LogP contribution < -0.4 is 14.2 Å². The summed E-state index contributed by atoms with van der Waals surface area (Å²) < 4.78 is 17.9. The second-order valence-electron chi connectivity index (χ2n) is 7.74. The molecule has 0 unspecified atom stereocenters. The van der Waals surface area contributed by atoms with E-state index < -0.39 is 0 Å². The van der Waals surface area contributed by atoms with Crippen LogP contribution in [0.1, 0.15) is 11.4 Å². The zero-order valence-corrected chi connectivity index (χ0v) is 19.5. The van der Waals surface area contributed by atoms with Crippen molar-refractivity contribution in [3.63, 3.8) is 0 Å². The number of nitrogens with zero attached hydrogens (tertiary/aromatic N) is 6. The third-order valence-corrected chi connectivity index (χ3v) is 5.69. The average Bonchev–Trinajstić information content (AvgIpc) is 3.35. The van der Waals surface area contributed by atoms with Crippen molar-refractivity contribution in [3.8, 4) is 22.9 Å². The third-order valence-electron chi connectivity index (χ3n) is 5.69. The number of hydrogen-bond acceptors (Lipinski definition) is 8. The van der Waals surface area contributed by atoms with E-state index in [-0.39, 0.29) is 5.91 Å². The van der Waals surface area contributed by atoms with Gasteiger partial charge in [-0.25, -0.2) is 0 Å². The van der Waals surface area contributed by atoms with Crippen LogP contribution in [0, 0.1) is 0 Å². The Balaban J connectivity index is 1.35. The van der Waals surface area contributed by atoms with Crippen LogP contribution in [0.3, 0.4) is 0 Å². The van der Waals surface area contributed by atoms with Crippen molar-refractivity contribution in [1.29, 1.82) is 0 Å². The highest BCUT2D eigenvalue weighted by Gasteiger charge is 2.22. The lowest BCUT2D eigenvalue weighted by atomic mass is 10.1. The number of carbonyl (C=O) groups is 1. The molecule has 0 bridgehead atoms. The Labute approximate surface area is 198 Å². The first-order valence-corrected chi connectivity index (χ1v) is 10.9. The maximum Gasteiger partial charge on any atom is 0.246 e. The van der Waals surface area contributed by atoms with Gasteiger partial charge in [0.15, 0.2) is 17.3 Å². The maximum absolute atomic E-state index is 12.8. The van der Waals surface area contributed by atoms with Crippen LogP contribution in [0.25, 0.3) is 11.8 Å². The SMILES string of the molecule is COc1cc(/C=C\C(=O)N2CCN(Cc3nnnn3-c3ccccc3)CC2)cc(OC)c1OC. The molecule has 1 aromatic heterocycles. The first-order chi connectivity index (χ1) is 16.6. The molecule has 3 aromatic rings. The minimum atomic E-state index is -0.0393. The molecule has 0 radical (unpaired) electrons. The highest BCUT2D eigenvalue weighted by atomic mass is 16.5. The molecule has 178 valence electrons. The summed E-state index contributed by atoms with van der Waals surface area (Å²) in [5.74, 6) is 2.33. The normalized spacial score (nSPS) is 14.4. The first-order valence-electron chi connectivity index (χ1n) is 10.9. The Morgan fingerprint density at radius 3 is 2.26 bits per heavy atom. The van der Waals surface area contributed by atoms with E-state index in [1.54, 1.807) is 50.3 Å². The van der Waals surface area contributed by atoms with Gasteiger partial charge >= 0.3 is 0 Å². The van der Waals surface area contributed by atoms with Crippen molar-refractivity contribution in [2.45, 2.75) is 6.54 Å². The molecular formula is C24H28N6O4. The zero-order chi connectivity index (χ0) is 23.9. The van der Waals surface area contributed by atoms with Crippen LogP contribution in [-0.2, 0) is 11.3 Å². The molecule has 0 aliphatic carbocycles. The van der Waals surface area contributed by atoms with Gasteiger partial charge in [-0.1, -0.05) is 18.2 Å². The molecule has 1 aliphatic heterocycles. The van der Waals surface area contributed by atoms with E-state index in [2.05, 4.69) is 20.4 Å². The van der Waals surface area contributed by atoms with Crippen LogP contribution >= 0.6 is 0 Å². The molecule has 10 nitrogen and oxygen atoms in total. The summed E-state index contributed by atoms with van der Waals surface area (Å²) in [5.41, 5.74) is 1.71. The third kappa shape index (κ3) is 5.18. The Hall–Kier alpha value is -3.92. The Morgan fingerprint density at radius 2 is 1.65 bits per heavy atom. The number of aromatic nitrogens is 4. The molecule has 2 aromatic carbocycles. The molecular weight excluding hydrogens is 436 g/mol. The fourth-order valence-electron chi connectivity index (χ4n) is 3.87. The van der Waals surface area contributed by atoms with Gasteiger partial charge in [0.05, 0.1) is 33.6 Å². The Kier molecular flexibility index (Phi) is 7.38. The number of rotatable bonds is 8. The van der Waals surface area contributed by atoms with Gasteiger partial charge in [-0.2, -0.15) is 4.68 Å². The molecule has 1 saturated heterocycles. The second-order valence-corrected chi connectivity index (χ2v) is 7.74. The van der Waals surface area contributed by atoms with Crippen molar-refractivity contribution in [1.82, 2.24) is 30.0 Å². The standard InChI is InChI=1S/C24H28N6O4/c1-32-20-15-18(16-21(33-2)24(20)34-3)9-10-23(31)29-13-11-28(12-14-29)17-22-25-26-27-30(22)19-7-5-4-6-8-19/h4-10,15-16H,11-14,17H2,1-3H3/b10-9-. The summed E-state index contributed by atoms with van der Waals surface area (Å²) >= 11 is 0. The lowest BCUT2D eigenvalue weighted by Crippen LogP contribution is -2.48. The summed E-state index contributed by atoms with van der Waals surface area (Å²) in [6, 6.07) is 13.4. The number of tetrazole rings is 1. The van der Waals surface area contributed by atoms with Crippen LogP contribution in [0.2, 0.25) is 0 Å². The monoisotopic (exact) mass is 464 g/mol. The molecule has 0 saturated carbocycles. The predicted molar refractivity (Wildman–Crippen MR) is 126 cm³/mol. The van der Waals surface area contributed by atoms with Gasteiger partial charge in [-0.05, 0) is 46.3 Å². The predicted octanol–water partition coefficient (Wildman–Crippen LogP) is 2.05. The summed E-state index contributed by atoms with van der Waals surface area (Å²) in [5, 5.41) is 12.1. The van der Waals surface area contributed by atoms with Crippen LogP contribution in [0.15, 0.2) is 48.5 Å². The lowest BCUT2D eigenvalue weighted by Gasteiger charge is -2.33. The maximum atomic E-state index is 12.8. The number of para-hydroxylation sites is 1. The number of piperazine rings is 1. The molecule has 10 heteroatoms. The van der Waals surface area contributed by atoms with Gasteiger partial charge in [-0.15, -0.1) is 5.10 Å². The van der Waals surface area contributed by atoms with Gasteiger partial charge in [0.2, 0.25) is 11.7 Å². The smallest absolute Gasteiger partial charge is 0.246 e. The quantitative estimate of drug-likeness (QED) is 0.468. The van der Waals surface area contributed by atoms with E-state index in [9.17, 15) is 4.79 Å². The van der Waals surface area contributed by atoms with Crippen LogP contribution in [-0.4, -0.2) is 83.4 Å². The van der Waals surface area contributed by atoms with Crippen molar-refractivity contribution in [3.05, 3.63) is 59.9 Å². The zero-order valence-electron chi connectivity index (χ0n) is 19.5. The van der Waals surface area contributed by atoms with E-state index in [1.165, 1.54) is 0 Å². The van der Waals surface area contributed by atoms with Crippen LogP contribution in [0.5, 0.6) is 17.2 Å². The van der Waals surface area contributed by atoms with Crippen molar-refractivity contribution >= 4 is 12.0 Å². The first kappa shape index (κ1) is 23.2. The van der Waals surface area contributed by atoms with Gasteiger partial charge < -0.3 is 19.1 Å². The van der Waals surface area contributed by atoms with Gasteiger partial charge in [0, 0.05) is 32.3 Å². The molecule has 0 N–H and O–H groups in total. The van der Waals surface area contributed by atoms with E-state index in [0.29, 0.717) is 36.9 Å². The number of carbonyl (C=O) groups excluding carboxylic acids is 1. The van der Waals surface area contributed by atoms with Gasteiger partial charge in [0.25, 0.3) is 0 Å². The van der Waals surface area contributed by atoms with E-state index >= 15 is 0 Å². The molecule has 1 aliphatic rings. The van der Waals surface area contributed by atoms with E-state index in [4.69, 9.17) is 14.2 Å². The fraction of sp³-hybridized carbons (Fsp3) is 0.333. The number of benzene rings is 2. The highest BCUT2D eigenvalue weighted by molar-refractivity contribution is 5.92. The van der Waals surface area contributed by atoms with Crippen molar-refractivity contribution in [2.24, 2.45) is 0 Å². The molecule has 0 atom stereocenters. The number of ether oxygens (including phenoxy) is 3. The second kappa shape index (κ2) is 10.8. The molecule has 34 heavy (non-hydrogen) atoms. The number of amides is 1. The summed E-state index contributed by atoms with van der Waals surface area (Å²) in [6.45, 7) is 3.36. The fourth-order valence-corrected chi connectivity index (χ4v) is 3.87. The number of methoxy groups -OCH3 is 3. The topological polar surface area (TPSA) is 94.8 Å². The molecule has 1 amide bonds. The largest absolute Gasteiger partial charge is 0.493 e. The lowest BCUT2D eigenvalue weighted by molar-refractivity contribution is -0.127. The highest BCUT2D eigenvalue weighted by Crippen LogP contribution is 2.38. The van der Waals surface area contributed by atoms with Gasteiger partial charge in [-0.3, -0.25) is 9.69 Å².